The van der Waals surface area contributed by atoms with Gasteiger partial charge in [-0.05, 0) is 132 Å². The van der Waals surface area contributed by atoms with Crippen molar-refractivity contribution < 1.29 is 38.9 Å². The van der Waals surface area contributed by atoms with Crippen molar-refractivity contribution in [3.8, 4) is 33.1 Å². The molecular weight excluding hydrogens is 1070 g/mol. The number of pyridine rings is 1. The fourth-order valence-corrected chi connectivity index (χ4v) is 12.5. The standard InChI is InChI=1S/C64H66N8O8S2/c1-36(18-29-55(74)69-58(64(5,6)7)61(77)72-33-44(73)32-51(72)60(76)66-38(3)41-19-21-43(22-20-41)57-39(4)65-35-81-57)40-23-25-45(26-24-40)80-52-16-11-13-46(37(52)2)47-27-28-54(68-56(47)62(78)79)71-31-30-42-12-10-14-48(49(42)34-71)59(75)70-63-67-50-15-8-9-17-53(50)82-63/h8-17,19-28,35-36,38,44,51,58,73H,18,29-34H2,1-7H3,(H,66,76)(H,69,74)(H,78,79)(H,67,70,75)/t36?,38?,44-,51+,58?/m1/s1. The smallest absolute Gasteiger partial charge is 0.355 e. The predicted molar refractivity (Wildman–Crippen MR) is 321 cm³/mol. The van der Waals surface area contributed by atoms with Gasteiger partial charge in [-0.2, -0.15) is 0 Å². The Kier molecular flexibility index (Phi) is 16.7. The topological polar surface area (TPSA) is 216 Å². The summed E-state index contributed by atoms with van der Waals surface area (Å²) in [6.07, 6.45) is 0.468. The van der Waals surface area contributed by atoms with Gasteiger partial charge in [-0.25, -0.2) is 19.7 Å². The first-order chi connectivity index (χ1) is 39.3. The summed E-state index contributed by atoms with van der Waals surface area (Å²) in [6.45, 7) is 14.3. The summed E-state index contributed by atoms with van der Waals surface area (Å²) in [5.74, 6) is -0.972. The second-order valence-electron chi connectivity index (χ2n) is 22.3. The van der Waals surface area contributed by atoms with Crippen molar-refractivity contribution in [1.29, 1.82) is 0 Å². The first kappa shape index (κ1) is 56.9. The maximum Gasteiger partial charge on any atom is 0.355 e. The van der Waals surface area contributed by atoms with E-state index in [2.05, 4.69) is 25.9 Å². The molecule has 8 aromatic rings. The number of hydrogen-bond acceptors (Lipinski definition) is 13. The number of amides is 4. The third kappa shape index (κ3) is 12.4. The molecule has 0 saturated carbocycles. The van der Waals surface area contributed by atoms with E-state index in [9.17, 15) is 34.2 Å². The SMILES string of the molecule is Cc1ncsc1-c1ccc(C(C)NC(=O)[C@@H]2C[C@@H](O)CN2C(=O)C(NC(=O)CCC(C)c2ccc(Oc3cccc(-c4ccc(N5CCc6cccc(C(=O)Nc7nc8ccccc8s7)c6C5)nc4C(=O)O)c3C)cc2)C(C)(C)C)cc1. The monoisotopic (exact) mass is 1140 g/mol. The zero-order valence-electron chi connectivity index (χ0n) is 46.9. The van der Waals surface area contributed by atoms with Crippen molar-refractivity contribution in [2.75, 3.05) is 23.3 Å². The van der Waals surface area contributed by atoms with Crippen LogP contribution in [-0.2, 0) is 27.3 Å². The molecule has 3 aromatic heterocycles. The van der Waals surface area contributed by atoms with Crippen LogP contribution in [0.5, 0.6) is 11.5 Å². The number of carboxylic acid groups (broad SMARTS) is 1. The molecule has 5 N–H and O–H groups in total. The molecule has 0 aliphatic carbocycles. The molecule has 0 bridgehead atoms. The van der Waals surface area contributed by atoms with Crippen LogP contribution in [0.4, 0.5) is 10.9 Å². The minimum atomic E-state index is -1.18. The molecule has 5 aromatic carbocycles. The second-order valence-corrected chi connectivity index (χ2v) is 24.2. The maximum absolute atomic E-state index is 14.3. The normalized spacial score (nSPS) is 16.2. The summed E-state index contributed by atoms with van der Waals surface area (Å²) in [5.41, 5.74) is 9.93. The highest BCUT2D eigenvalue weighted by atomic mass is 32.1. The summed E-state index contributed by atoms with van der Waals surface area (Å²) < 4.78 is 7.39. The number of carbonyl (C=O) groups excluding carboxylic acids is 4. The lowest BCUT2D eigenvalue weighted by molar-refractivity contribution is -0.144. The van der Waals surface area contributed by atoms with Gasteiger partial charge in [0, 0.05) is 43.6 Å². The number of aromatic carboxylic acids is 1. The van der Waals surface area contributed by atoms with Gasteiger partial charge < -0.3 is 35.4 Å². The Balaban J connectivity index is 0.747. The van der Waals surface area contributed by atoms with Gasteiger partial charge in [0.2, 0.25) is 17.7 Å². The van der Waals surface area contributed by atoms with Crippen LogP contribution < -0.4 is 25.6 Å². The molecule has 1 fully saturated rings. The minimum Gasteiger partial charge on any atom is -0.476 e. The Morgan fingerprint density at radius 3 is 2.29 bits per heavy atom. The Bertz CT molecular complexity index is 3670. The first-order valence-electron chi connectivity index (χ1n) is 27.5. The highest BCUT2D eigenvalue weighted by Gasteiger charge is 2.45. The number of anilines is 2. The number of rotatable bonds is 17. The van der Waals surface area contributed by atoms with Crippen LogP contribution in [-0.4, -0.2) is 90.9 Å². The molecule has 4 amide bonds. The van der Waals surface area contributed by atoms with Gasteiger partial charge in [-0.15, -0.1) is 11.3 Å². The lowest BCUT2D eigenvalue weighted by Gasteiger charge is -2.35. The summed E-state index contributed by atoms with van der Waals surface area (Å²) in [5, 5.41) is 30.9. The van der Waals surface area contributed by atoms with Crippen LogP contribution in [0.2, 0.25) is 0 Å². The molecule has 5 heterocycles. The Labute approximate surface area is 484 Å². The Morgan fingerprint density at radius 2 is 1.57 bits per heavy atom. The zero-order valence-corrected chi connectivity index (χ0v) is 48.5. The van der Waals surface area contributed by atoms with E-state index in [0.29, 0.717) is 65.1 Å². The molecule has 3 unspecified atom stereocenters. The van der Waals surface area contributed by atoms with E-state index in [4.69, 9.17) is 9.72 Å². The number of carbonyl (C=O) groups is 5. The van der Waals surface area contributed by atoms with E-state index < -0.39 is 35.5 Å². The number of benzene rings is 5. The predicted octanol–water partition coefficient (Wildman–Crippen LogP) is 11.7. The molecule has 16 nitrogen and oxygen atoms in total. The largest absolute Gasteiger partial charge is 0.476 e. The van der Waals surface area contributed by atoms with Crippen LogP contribution in [0.1, 0.15) is 120 Å². The number of likely N-dealkylation sites (tertiary alicyclic amines) is 1. The summed E-state index contributed by atoms with van der Waals surface area (Å²) in [4.78, 5) is 86.6. The fourth-order valence-electron chi connectivity index (χ4n) is 10.9. The van der Waals surface area contributed by atoms with Crippen LogP contribution in [0.3, 0.4) is 0 Å². The number of ether oxygens (including phenoxy) is 1. The summed E-state index contributed by atoms with van der Waals surface area (Å²) >= 11 is 2.98. The van der Waals surface area contributed by atoms with E-state index in [0.717, 1.165) is 54.2 Å². The van der Waals surface area contributed by atoms with E-state index in [1.54, 1.807) is 23.5 Å². The highest BCUT2D eigenvalue weighted by molar-refractivity contribution is 7.22. The molecule has 82 heavy (non-hydrogen) atoms. The lowest BCUT2D eigenvalue weighted by Crippen LogP contribution is -2.57. The molecule has 0 spiro atoms. The van der Waals surface area contributed by atoms with Crippen LogP contribution in [0.15, 0.2) is 127 Å². The number of aromatic nitrogens is 3. The third-order valence-corrected chi connectivity index (χ3v) is 17.5. The molecule has 1 saturated heterocycles. The van der Waals surface area contributed by atoms with Gasteiger partial charge in [0.05, 0.1) is 38.4 Å². The first-order valence-corrected chi connectivity index (χ1v) is 29.2. The van der Waals surface area contributed by atoms with Crippen molar-refractivity contribution in [3.63, 3.8) is 0 Å². The minimum absolute atomic E-state index is 0.0226. The van der Waals surface area contributed by atoms with Crippen LogP contribution >= 0.6 is 22.7 Å². The number of nitrogens with one attached hydrogen (secondary N) is 3. The third-order valence-electron chi connectivity index (χ3n) is 15.6. The van der Waals surface area contributed by atoms with E-state index in [-0.39, 0.29) is 54.8 Å². The molecule has 2 aliphatic rings. The molecular formula is C64H66N8O8S2. The number of β-amino-alcohol motifs (C(OH)–C–C–N with tert-alkyl or cyclic N) is 1. The quantitative estimate of drug-likeness (QED) is 0.0576. The van der Waals surface area contributed by atoms with Crippen molar-refractivity contribution in [2.45, 2.75) is 111 Å². The molecule has 18 heteroatoms. The van der Waals surface area contributed by atoms with Gasteiger partial charge in [0.15, 0.2) is 10.8 Å². The number of aryl methyl sites for hydroxylation is 1. The van der Waals surface area contributed by atoms with Gasteiger partial charge in [-0.3, -0.25) is 24.5 Å². The number of hydrogen-bond donors (Lipinski definition) is 5. The molecule has 10 rings (SSSR count). The van der Waals surface area contributed by atoms with Gasteiger partial charge in [0.25, 0.3) is 5.91 Å². The fraction of sp³-hybridized carbons (Fsp3) is 0.312. The number of aliphatic hydroxyl groups is 1. The van der Waals surface area contributed by atoms with E-state index >= 15 is 0 Å². The highest BCUT2D eigenvalue weighted by Crippen LogP contribution is 2.38. The summed E-state index contributed by atoms with van der Waals surface area (Å²) in [7, 11) is 0. The van der Waals surface area contributed by atoms with Gasteiger partial charge in [0.1, 0.15) is 29.4 Å². The molecule has 5 atom stereocenters. The maximum atomic E-state index is 14.3. The van der Waals surface area contributed by atoms with Gasteiger partial charge >= 0.3 is 5.97 Å². The molecule has 422 valence electrons. The number of aliphatic hydroxyl groups excluding tert-OH is 1. The number of nitrogens with zero attached hydrogens (tertiary/aromatic N) is 5. The number of thiazole rings is 2. The van der Waals surface area contributed by atoms with Crippen molar-refractivity contribution in [3.05, 3.63) is 172 Å². The van der Waals surface area contributed by atoms with Crippen LogP contribution in [0.25, 0.3) is 31.8 Å². The number of fused-ring (bicyclic) bond motifs is 2. The number of carboxylic acids is 1. The average Bonchev–Trinajstić information content (AvgIpc) is 4.29. The van der Waals surface area contributed by atoms with Gasteiger partial charge in [-0.1, -0.05) is 112 Å². The number of para-hydroxylation sites is 1. The Morgan fingerprint density at radius 1 is 0.829 bits per heavy atom. The molecule has 2 aliphatic heterocycles. The zero-order chi connectivity index (χ0) is 58.0. The van der Waals surface area contributed by atoms with Crippen molar-refractivity contribution >= 4 is 73.4 Å². The lowest BCUT2D eigenvalue weighted by atomic mass is 9.85. The Hall–Kier alpha value is -8.32. The van der Waals surface area contributed by atoms with Crippen molar-refractivity contribution in [1.82, 2.24) is 30.5 Å². The average molecular weight is 1140 g/mol. The van der Waals surface area contributed by atoms with Crippen molar-refractivity contribution in [2.24, 2.45) is 5.41 Å². The second kappa shape index (κ2) is 24.0. The van der Waals surface area contributed by atoms with E-state index in [1.807, 2.05) is 168 Å². The molecule has 0 radical (unpaired) electrons. The van der Waals surface area contributed by atoms with E-state index in [1.165, 1.54) is 16.2 Å². The summed E-state index contributed by atoms with van der Waals surface area (Å²) in [6, 6.07) is 35.8. The van der Waals surface area contributed by atoms with Crippen LogP contribution in [0, 0.1) is 19.3 Å².